The largest absolute Gasteiger partial charge is 0.481 e. The van der Waals surface area contributed by atoms with E-state index in [1.54, 1.807) is 0 Å². The monoisotopic (exact) mass is 230 g/mol. The maximum Gasteiger partial charge on any atom is 0.306 e. The van der Waals surface area contributed by atoms with Gasteiger partial charge in [-0.15, -0.1) is 0 Å². The van der Waals surface area contributed by atoms with Crippen LogP contribution in [0.3, 0.4) is 0 Å². The Hall–Kier alpha value is -1.14. The topological polar surface area (TPSA) is 113 Å². The average Bonchev–Trinajstić information content (AvgIpc) is 2.17. The number of carboxylic acid groups (broad SMARTS) is 1. The zero-order valence-electron chi connectivity index (χ0n) is 9.11. The number of nitrogens with two attached hydrogens (primary N) is 1. The molecule has 0 aliphatic heterocycles. The number of carboxylic acids is 1. The molecule has 6 heteroatoms. The third-order valence-corrected chi connectivity index (χ3v) is 3.02. The molecule has 0 saturated heterocycles. The van der Waals surface area contributed by atoms with Crippen LogP contribution in [0, 0.1) is 5.92 Å². The van der Waals surface area contributed by atoms with Crippen molar-refractivity contribution in [2.45, 2.75) is 31.3 Å². The SMILES string of the molecule is NC(=O)CNCC1(O)CCC(C(=O)O)CC1. The molecule has 1 rings (SSSR count). The van der Waals surface area contributed by atoms with E-state index in [4.69, 9.17) is 10.8 Å². The van der Waals surface area contributed by atoms with E-state index in [0.717, 1.165) is 0 Å². The Bertz CT molecular complexity index is 266. The maximum absolute atomic E-state index is 10.7. The lowest BCUT2D eigenvalue weighted by atomic mass is 9.79. The summed E-state index contributed by atoms with van der Waals surface area (Å²) in [5.74, 6) is -1.62. The fourth-order valence-electron chi connectivity index (χ4n) is 2.00. The van der Waals surface area contributed by atoms with Crippen molar-refractivity contribution in [3.8, 4) is 0 Å². The van der Waals surface area contributed by atoms with Crippen molar-refractivity contribution in [3.05, 3.63) is 0 Å². The number of carbonyl (C=O) groups is 2. The number of rotatable bonds is 5. The molecule has 1 amide bonds. The molecule has 1 aliphatic carbocycles. The van der Waals surface area contributed by atoms with Gasteiger partial charge in [0.15, 0.2) is 0 Å². The van der Waals surface area contributed by atoms with Crippen molar-refractivity contribution in [1.82, 2.24) is 5.32 Å². The smallest absolute Gasteiger partial charge is 0.306 e. The highest BCUT2D eigenvalue weighted by Crippen LogP contribution is 2.31. The van der Waals surface area contributed by atoms with E-state index in [9.17, 15) is 14.7 Å². The number of nitrogens with one attached hydrogen (secondary N) is 1. The van der Waals surface area contributed by atoms with Gasteiger partial charge in [-0.25, -0.2) is 0 Å². The van der Waals surface area contributed by atoms with E-state index in [-0.39, 0.29) is 19.0 Å². The highest BCUT2D eigenvalue weighted by atomic mass is 16.4. The van der Waals surface area contributed by atoms with Crippen molar-refractivity contribution in [2.24, 2.45) is 11.7 Å². The normalized spacial score (nSPS) is 29.9. The number of aliphatic hydroxyl groups is 1. The van der Waals surface area contributed by atoms with Crippen molar-refractivity contribution in [1.29, 1.82) is 0 Å². The summed E-state index contributed by atoms with van der Waals surface area (Å²) in [7, 11) is 0. The Kier molecular flexibility index (Phi) is 4.26. The van der Waals surface area contributed by atoms with Gasteiger partial charge >= 0.3 is 5.97 Å². The van der Waals surface area contributed by atoms with Crippen LogP contribution in [0.4, 0.5) is 0 Å². The first-order chi connectivity index (χ1) is 7.43. The molecule has 0 unspecified atom stereocenters. The predicted molar refractivity (Wildman–Crippen MR) is 56.6 cm³/mol. The van der Waals surface area contributed by atoms with E-state index in [0.29, 0.717) is 25.7 Å². The summed E-state index contributed by atoms with van der Waals surface area (Å²) in [6, 6.07) is 0. The van der Waals surface area contributed by atoms with Crippen LogP contribution in [0.15, 0.2) is 0 Å². The van der Waals surface area contributed by atoms with Crippen molar-refractivity contribution < 1.29 is 19.8 Å². The molecule has 0 atom stereocenters. The van der Waals surface area contributed by atoms with Crippen LogP contribution in [-0.2, 0) is 9.59 Å². The fourth-order valence-corrected chi connectivity index (χ4v) is 2.00. The molecule has 0 spiro atoms. The maximum atomic E-state index is 10.7. The quantitative estimate of drug-likeness (QED) is 0.487. The van der Waals surface area contributed by atoms with Crippen LogP contribution in [0.25, 0.3) is 0 Å². The molecule has 6 nitrogen and oxygen atoms in total. The van der Waals surface area contributed by atoms with Gasteiger partial charge in [0.25, 0.3) is 0 Å². The molecular weight excluding hydrogens is 212 g/mol. The minimum atomic E-state index is -0.901. The van der Waals surface area contributed by atoms with Crippen LogP contribution in [0.2, 0.25) is 0 Å². The molecule has 16 heavy (non-hydrogen) atoms. The van der Waals surface area contributed by atoms with Gasteiger partial charge in [0.2, 0.25) is 5.91 Å². The van der Waals surface area contributed by atoms with Gasteiger partial charge in [-0.2, -0.15) is 0 Å². The zero-order valence-corrected chi connectivity index (χ0v) is 9.11. The van der Waals surface area contributed by atoms with Crippen LogP contribution < -0.4 is 11.1 Å². The Balaban J connectivity index is 2.32. The van der Waals surface area contributed by atoms with E-state index in [1.165, 1.54) is 0 Å². The van der Waals surface area contributed by atoms with E-state index in [2.05, 4.69) is 5.32 Å². The van der Waals surface area contributed by atoms with Gasteiger partial charge in [0.1, 0.15) is 0 Å². The van der Waals surface area contributed by atoms with Gasteiger partial charge < -0.3 is 21.3 Å². The second kappa shape index (κ2) is 5.27. The molecule has 5 N–H and O–H groups in total. The Labute approximate surface area is 93.8 Å². The Morgan fingerprint density at radius 1 is 1.38 bits per heavy atom. The van der Waals surface area contributed by atoms with E-state index in [1.807, 2.05) is 0 Å². The van der Waals surface area contributed by atoms with Crippen LogP contribution in [0.5, 0.6) is 0 Å². The van der Waals surface area contributed by atoms with Crippen LogP contribution in [0.1, 0.15) is 25.7 Å². The van der Waals surface area contributed by atoms with Crippen molar-refractivity contribution in [3.63, 3.8) is 0 Å². The van der Waals surface area contributed by atoms with Crippen molar-refractivity contribution in [2.75, 3.05) is 13.1 Å². The summed E-state index contributed by atoms with van der Waals surface area (Å²) in [5.41, 5.74) is 4.05. The average molecular weight is 230 g/mol. The number of hydrogen-bond donors (Lipinski definition) is 4. The molecule has 92 valence electrons. The Morgan fingerprint density at radius 3 is 2.38 bits per heavy atom. The first-order valence-electron chi connectivity index (χ1n) is 5.37. The molecular formula is C10H18N2O4. The highest BCUT2D eigenvalue weighted by molar-refractivity contribution is 5.75. The van der Waals surface area contributed by atoms with E-state index < -0.39 is 17.5 Å². The molecule has 0 aromatic carbocycles. The second-order valence-corrected chi connectivity index (χ2v) is 4.41. The number of carbonyl (C=O) groups excluding carboxylic acids is 1. The van der Waals surface area contributed by atoms with Crippen LogP contribution >= 0.6 is 0 Å². The van der Waals surface area contributed by atoms with Crippen LogP contribution in [-0.4, -0.2) is 40.8 Å². The molecule has 0 radical (unpaired) electrons. The molecule has 1 aliphatic rings. The van der Waals surface area contributed by atoms with Gasteiger partial charge in [-0.1, -0.05) is 0 Å². The minimum Gasteiger partial charge on any atom is -0.481 e. The summed E-state index contributed by atoms with van der Waals surface area (Å²) in [6.45, 7) is 0.312. The lowest BCUT2D eigenvalue weighted by Crippen LogP contribution is -2.46. The predicted octanol–water partition coefficient (Wildman–Crippen LogP) is -0.933. The molecule has 0 aromatic rings. The van der Waals surface area contributed by atoms with Gasteiger partial charge in [-0.05, 0) is 25.7 Å². The standard InChI is InChI=1S/C10H18N2O4/c11-8(13)5-12-6-10(16)3-1-7(2-4-10)9(14)15/h7,12,16H,1-6H2,(H2,11,13)(H,14,15). The summed E-state index contributed by atoms with van der Waals surface area (Å²) in [6.07, 6.45) is 1.83. The fraction of sp³-hybridized carbons (Fsp3) is 0.800. The third kappa shape index (κ3) is 3.79. The molecule has 0 bridgehead atoms. The molecule has 0 heterocycles. The third-order valence-electron chi connectivity index (χ3n) is 3.02. The second-order valence-electron chi connectivity index (χ2n) is 4.41. The zero-order chi connectivity index (χ0) is 12.2. The minimum absolute atomic E-state index is 0.0324. The number of aliphatic carboxylic acids is 1. The van der Waals surface area contributed by atoms with Gasteiger partial charge in [0.05, 0.1) is 18.1 Å². The number of amides is 1. The summed E-state index contributed by atoms with van der Waals surface area (Å²) in [5, 5.41) is 21.6. The van der Waals surface area contributed by atoms with Gasteiger partial charge in [0, 0.05) is 6.54 Å². The van der Waals surface area contributed by atoms with E-state index >= 15 is 0 Å². The first-order valence-corrected chi connectivity index (χ1v) is 5.37. The number of hydrogen-bond acceptors (Lipinski definition) is 4. The first kappa shape index (κ1) is 12.9. The van der Waals surface area contributed by atoms with Gasteiger partial charge in [-0.3, -0.25) is 9.59 Å². The molecule has 1 saturated carbocycles. The Morgan fingerprint density at radius 2 is 1.94 bits per heavy atom. The number of primary amides is 1. The summed E-state index contributed by atoms with van der Waals surface area (Å²) < 4.78 is 0. The lowest BCUT2D eigenvalue weighted by molar-refractivity contribution is -0.144. The van der Waals surface area contributed by atoms with Crippen molar-refractivity contribution >= 4 is 11.9 Å². The highest BCUT2D eigenvalue weighted by Gasteiger charge is 2.35. The summed E-state index contributed by atoms with van der Waals surface area (Å²) >= 11 is 0. The molecule has 0 aromatic heterocycles. The summed E-state index contributed by atoms with van der Waals surface area (Å²) in [4.78, 5) is 21.2. The molecule has 1 fully saturated rings. The lowest BCUT2D eigenvalue weighted by Gasteiger charge is -2.34.